The summed E-state index contributed by atoms with van der Waals surface area (Å²) in [4.78, 5) is 25.9. The standard InChI is InChI=1S/C52H56N4O6/c1-3-5-13-39-19-23-43(24-20-39)53-55-45-27-31-47(32-28-45)59-35-11-9-17-51(57)61-49-37-41-15-7-8-16-42(41)38-50(49)62-52(58)18-10-12-36-60-48-33-29-46(30-34-48)56-54-44-25-21-40(22-26-44)14-6-4-2/h7-8,15-16,19-34,37-38H,3-6,9-14,17-18,35-36H2,1-2H3. The van der Waals surface area contributed by atoms with Crippen molar-refractivity contribution in [2.45, 2.75) is 90.9 Å². The molecule has 0 aliphatic rings. The van der Waals surface area contributed by atoms with Crippen LogP contribution in [-0.4, -0.2) is 25.2 Å². The lowest BCUT2D eigenvalue weighted by molar-refractivity contribution is -0.137. The van der Waals surface area contributed by atoms with E-state index >= 15 is 0 Å². The third-order valence-corrected chi connectivity index (χ3v) is 10.1. The number of hydrogen-bond acceptors (Lipinski definition) is 10. The highest BCUT2D eigenvalue weighted by Gasteiger charge is 2.16. The van der Waals surface area contributed by atoms with Gasteiger partial charge in [-0.05, 0) is 158 Å². The summed E-state index contributed by atoms with van der Waals surface area (Å²) >= 11 is 0. The van der Waals surface area contributed by atoms with Crippen LogP contribution in [0.3, 0.4) is 0 Å². The smallest absolute Gasteiger partial charge is 0.311 e. The Kier molecular flexibility index (Phi) is 17.8. The lowest BCUT2D eigenvalue weighted by Gasteiger charge is -2.12. The number of nitrogens with zero attached hydrogens (tertiary/aromatic N) is 4. The Morgan fingerprint density at radius 3 is 1.15 bits per heavy atom. The van der Waals surface area contributed by atoms with Gasteiger partial charge in [0, 0.05) is 12.8 Å². The normalized spacial score (nSPS) is 11.3. The lowest BCUT2D eigenvalue weighted by Crippen LogP contribution is -2.12. The topological polar surface area (TPSA) is 121 Å². The Morgan fingerprint density at radius 1 is 0.435 bits per heavy atom. The van der Waals surface area contributed by atoms with Gasteiger partial charge in [-0.3, -0.25) is 9.59 Å². The van der Waals surface area contributed by atoms with E-state index in [0.29, 0.717) is 50.4 Å². The summed E-state index contributed by atoms with van der Waals surface area (Å²) in [6, 6.07) is 42.4. The van der Waals surface area contributed by atoms with Crippen molar-refractivity contribution < 1.29 is 28.5 Å². The summed E-state index contributed by atoms with van der Waals surface area (Å²) in [6.45, 7) is 5.27. The molecule has 6 aromatic carbocycles. The fourth-order valence-electron chi connectivity index (χ4n) is 6.50. The van der Waals surface area contributed by atoms with Crippen molar-refractivity contribution in [3.05, 3.63) is 145 Å². The molecule has 320 valence electrons. The van der Waals surface area contributed by atoms with Gasteiger partial charge < -0.3 is 18.9 Å². The molecule has 0 spiro atoms. The molecule has 6 aromatic rings. The third-order valence-electron chi connectivity index (χ3n) is 10.1. The number of aryl methyl sites for hydroxylation is 2. The van der Waals surface area contributed by atoms with Crippen molar-refractivity contribution in [3.63, 3.8) is 0 Å². The molecule has 0 saturated carbocycles. The Morgan fingerprint density at radius 2 is 0.790 bits per heavy atom. The summed E-state index contributed by atoms with van der Waals surface area (Å²) in [6.07, 6.45) is 9.67. The maximum absolute atomic E-state index is 12.9. The maximum atomic E-state index is 12.9. The van der Waals surface area contributed by atoms with Crippen LogP contribution < -0.4 is 18.9 Å². The molecule has 0 N–H and O–H groups in total. The number of fused-ring (bicyclic) bond motifs is 1. The van der Waals surface area contributed by atoms with Crippen LogP contribution in [0.1, 0.15) is 89.2 Å². The van der Waals surface area contributed by atoms with Crippen LogP contribution in [0.15, 0.2) is 154 Å². The molecule has 6 rings (SSSR count). The van der Waals surface area contributed by atoms with Gasteiger partial charge in [-0.1, -0.05) is 75.2 Å². The van der Waals surface area contributed by atoms with E-state index in [1.807, 2.05) is 97.1 Å². The van der Waals surface area contributed by atoms with Crippen molar-refractivity contribution in [1.29, 1.82) is 0 Å². The molecule has 10 heteroatoms. The van der Waals surface area contributed by atoms with E-state index in [1.165, 1.54) is 36.8 Å². The Balaban J connectivity index is 0.887. The molecule has 0 atom stereocenters. The van der Waals surface area contributed by atoms with Gasteiger partial charge in [0.2, 0.25) is 0 Å². The fraction of sp³-hybridized carbons (Fsp3) is 0.308. The molecule has 0 amide bonds. The first kappa shape index (κ1) is 44.9. The summed E-state index contributed by atoms with van der Waals surface area (Å²) in [5, 5.41) is 19.1. The zero-order chi connectivity index (χ0) is 43.2. The molecule has 0 aliphatic carbocycles. The minimum absolute atomic E-state index is 0.183. The third kappa shape index (κ3) is 15.1. The molecule has 0 aromatic heterocycles. The van der Waals surface area contributed by atoms with Crippen LogP contribution in [0.4, 0.5) is 22.7 Å². The van der Waals surface area contributed by atoms with Gasteiger partial charge >= 0.3 is 11.9 Å². The number of ether oxygens (including phenoxy) is 4. The monoisotopic (exact) mass is 832 g/mol. The largest absolute Gasteiger partial charge is 0.494 e. The van der Waals surface area contributed by atoms with Gasteiger partial charge in [0.15, 0.2) is 11.5 Å². The maximum Gasteiger partial charge on any atom is 0.311 e. The first-order chi connectivity index (χ1) is 30.4. The number of hydrogen-bond donors (Lipinski definition) is 0. The molecule has 0 radical (unpaired) electrons. The average molecular weight is 833 g/mol. The minimum atomic E-state index is -0.413. The lowest BCUT2D eigenvalue weighted by atomic mass is 10.1. The van der Waals surface area contributed by atoms with Gasteiger partial charge in [0.1, 0.15) is 11.5 Å². The molecular formula is C52H56N4O6. The van der Waals surface area contributed by atoms with Crippen molar-refractivity contribution >= 4 is 45.5 Å². The Labute approximate surface area is 365 Å². The average Bonchev–Trinajstić information content (AvgIpc) is 3.30. The summed E-state index contributed by atoms with van der Waals surface area (Å²) in [5.74, 6) is 1.03. The summed E-state index contributed by atoms with van der Waals surface area (Å²) < 4.78 is 23.3. The van der Waals surface area contributed by atoms with E-state index < -0.39 is 11.9 Å². The number of carbonyl (C=O) groups excluding carboxylic acids is 2. The van der Waals surface area contributed by atoms with Gasteiger partial charge in [0.05, 0.1) is 36.0 Å². The van der Waals surface area contributed by atoms with E-state index in [-0.39, 0.29) is 24.3 Å². The SMILES string of the molecule is CCCCc1ccc(N=Nc2ccc(OCCCCC(=O)Oc3cc4ccccc4cc3OC(=O)CCCCOc3ccc(N=Nc4ccc(CCCC)cc4)cc3)cc2)cc1. The second-order valence-corrected chi connectivity index (χ2v) is 15.1. The molecule has 0 unspecified atom stereocenters. The molecule has 0 fully saturated rings. The van der Waals surface area contributed by atoms with Gasteiger partial charge in [-0.15, -0.1) is 0 Å². The van der Waals surface area contributed by atoms with Crippen LogP contribution in [0.2, 0.25) is 0 Å². The van der Waals surface area contributed by atoms with Crippen LogP contribution in [0.5, 0.6) is 23.0 Å². The van der Waals surface area contributed by atoms with E-state index in [0.717, 1.165) is 46.4 Å². The first-order valence-electron chi connectivity index (χ1n) is 21.9. The Bertz CT molecular complexity index is 2190. The molecule has 0 bridgehead atoms. The number of esters is 2. The van der Waals surface area contributed by atoms with E-state index in [2.05, 4.69) is 58.6 Å². The minimum Gasteiger partial charge on any atom is -0.494 e. The molecule has 0 aliphatic heterocycles. The molecule has 0 heterocycles. The highest BCUT2D eigenvalue weighted by molar-refractivity contribution is 5.88. The highest BCUT2D eigenvalue weighted by Crippen LogP contribution is 2.34. The molecule has 62 heavy (non-hydrogen) atoms. The van der Waals surface area contributed by atoms with Crippen molar-refractivity contribution in [1.82, 2.24) is 0 Å². The zero-order valence-electron chi connectivity index (χ0n) is 35.8. The van der Waals surface area contributed by atoms with Gasteiger partial charge in [-0.25, -0.2) is 0 Å². The molecule has 0 saturated heterocycles. The highest BCUT2D eigenvalue weighted by atomic mass is 16.6. The summed E-state index contributed by atoms with van der Waals surface area (Å²) in [7, 11) is 0. The van der Waals surface area contributed by atoms with Gasteiger partial charge in [0.25, 0.3) is 0 Å². The summed E-state index contributed by atoms with van der Waals surface area (Å²) in [5.41, 5.74) is 5.72. The number of benzene rings is 6. The van der Waals surface area contributed by atoms with E-state index in [1.54, 1.807) is 12.1 Å². The van der Waals surface area contributed by atoms with E-state index in [4.69, 9.17) is 18.9 Å². The molecular weight excluding hydrogens is 777 g/mol. The number of carbonyl (C=O) groups is 2. The predicted octanol–water partition coefficient (Wildman–Crippen LogP) is 14.7. The Hall–Kier alpha value is -6.68. The zero-order valence-corrected chi connectivity index (χ0v) is 35.8. The van der Waals surface area contributed by atoms with Crippen molar-refractivity contribution in [2.75, 3.05) is 13.2 Å². The fourth-order valence-corrected chi connectivity index (χ4v) is 6.50. The van der Waals surface area contributed by atoms with Crippen LogP contribution in [-0.2, 0) is 22.4 Å². The second kappa shape index (κ2) is 24.5. The van der Waals surface area contributed by atoms with Crippen LogP contribution in [0.25, 0.3) is 10.8 Å². The number of azo groups is 2. The van der Waals surface area contributed by atoms with E-state index in [9.17, 15) is 9.59 Å². The quantitative estimate of drug-likeness (QED) is 0.0259. The number of rotatable bonds is 24. The predicted molar refractivity (Wildman–Crippen MR) is 245 cm³/mol. The van der Waals surface area contributed by atoms with Crippen LogP contribution in [0, 0.1) is 0 Å². The second-order valence-electron chi connectivity index (χ2n) is 15.1. The number of unbranched alkanes of at least 4 members (excludes halogenated alkanes) is 4. The van der Waals surface area contributed by atoms with Crippen molar-refractivity contribution in [2.24, 2.45) is 20.5 Å². The first-order valence-corrected chi connectivity index (χ1v) is 21.9. The van der Waals surface area contributed by atoms with Crippen LogP contribution >= 0.6 is 0 Å². The van der Waals surface area contributed by atoms with Crippen molar-refractivity contribution in [3.8, 4) is 23.0 Å². The van der Waals surface area contributed by atoms with Gasteiger partial charge in [-0.2, -0.15) is 20.5 Å². The molecule has 10 nitrogen and oxygen atoms in total.